The van der Waals surface area contributed by atoms with Crippen LogP contribution in [-0.4, -0.2) is 87.8 Å². The first-order valence-electron chi connectivity index (χ1n) is 14.7. The molecule has 1 aromatic carbocycles. The Balaban J connectivity index is 1.59. The summed E-state index contributed by atoms with van der Waals surface area (Å²) in [5, 5.41) is 6.22. The van der Waals surface area contributed by atoms with E-state index in [0.29, 0.717) is 22.6 Å². The molecule has 2 heterocycles. The van der Waals surface area contributed by atoms with Gasteiger partial charge in [0.05, 0.1) is 24.1 Å². The lowest BCUT2D eigenvalue weighted by molar-refractivity contribution is 0.000897. The van der Waals surface area contributed by atoms with Gasteiger partial charge in [-0.2, -0.15) is 8.78 Å². The molecule has 2 fully saturated rings. The molecule has 3 atom stereocenters. The predicted molar refractivity (Wildman–Crippen MR) is 168 cm³/mol. The van der Waals surface area contributed by atoms with E-state index in [9.17, 15) is 17.8 Å². The Kier molecular flexibility index (Phi) is 10.3. The number of benzene rings is 1. The third-order valence-corrected chi connectivity index (χ3v) is 10.2. The molecule has 4 N–H and O–H groups in total. The number of aryl methyl sites for hydroxylation is 1. The van der Waals surface area contributed by atoms with Gasteiger partial charge in [-0.15, -0.1) is 0 Å². The molecule has 238 valence electrons. The summed E-state index contributed by atoms with van der Waals surface area (Å²) in [5.41, 5.74) is 6.64. The van der Waals surface area contributed by atoms with Crippen LogP contribution in [0.4, 0.5) is 20.4 Å². The number of carbonyl (C=O) groups is 1. The van der Waals surface area contributed by atoms with E-state index in [1.807, 2.05) is 6.92 Å². The zero-order chi connectivity index (χ0) is 31.5. The number of hydrogen-bond acceptors (Lipinski definition) is 8. The molecule has 1 saturated carbocycles. The average molecular weight is 622 g/mol. The van der Waals surface area contributed by atoms with Crippen molar-refractivity contribution in [3.63, 3.8) is 0 Å². The Bertz CT molecular complexity index is 1410. The summed E-state index contributed by atoms with van der Waals surface area (Å²) < 4.78 is 49.1. The smallest absolute Gasteiger partial charge is 0.330 e. The first-order valence-corrected chi connectivity index (χ1v) is 16.8. The molecule has 0 radical (unpaired) electrons. The minimum absolute atomic E-state index is 0.0655. The number of ether oxygens (including phenoxy) is 1. The van der Waals surface area contributed by atoms with E-state index < -0.39 is 21.3 Å². The van der Waals surface area contributed by atoms with Crippen LogP contribution in [0.3, 0.4) is 0 Å². The first-order chi connectivity index (χ1) is 20.2. The lowest BCUT2D eigenvalue weighted by Gasteiger charge is -2.38. The molecule has 1 aliphatic carbocycles. The standard InChI is InChI=1S/C30H45F2N7O3S/c1-19-15-25(27(42-4)17-22(19)28(40)35-21-11-13-38(2)14-12-21)37-29-34-18-23(30(31,32)33)24(36-29)16-20-9-7-8-10-26(20)39(3)43(5,6)41/h15,17-18,20-21,26H,5,7-14,16,33H2,1-4,6H3,(H,35,40)(H,34,36,37)/t20-,26+,43?/m0/s1. The number of amides is 1. The number of nitrogens with one attached hydrogen (secondary N) is 2. The van der Waals surface area contributed by atoms with Crippen molar-refractivity contribution < 1.29 is 22.5 Å². The summed E-state index contributed by atoms with van der Waals surface area (Å²) in [6.45, 7) is 3.69. The second-order valence-electron chi connectivity index (χ2n) is 12.0. The molecule has 1 unspecified atom stereocenters. The molecule has 1 aliphatic heterocycles. The molecule has 0 bridgehead atoms. The molecular formula is C30H45F2N7O3S. The molecule has 1 amide bonds. The number of nitrogens with zero attached hydrogens (tertiary/aromatic N) is 4. The maximum absolute atomic E-state index is 14.5. The van der Waals surface area contributed by atoms with Crippen LogP contribution in [-0.2, 0) is 22.2 Å². The number of anilines is 2. The van der Waals surface area contributed by atoms with Crippen molar-refractivity contribution in [2.24, 2.45) is 11.7 Å². The van der Waals surface area contributed by atoms with Gasteiger partial charge in [-0.25, -0.2) is 14.3 Å². The number of likely N-dealkylation sites (tertiary alicyclic amines) is 1. The number of alkyl halides is 2. The Hall–Kier alpha value is -2.87. The Morgan fingerprint density at radius 2 is 1.93 bits per heavy atom. The predicted octanol–water partition coefficient (Wildman–Crippen LogP) is 3.66. The zero-order valence-corrected chi connectivity index (χ0v) is 26.6. The number of carbonyl (C=O) groups excluding carboxylic acids is 1. The largest absolute Gasteiger partial charge is 0.495 e. The second kappa shape index (κ2) is 13.4. The minimum atomic E-state index is -3.63. The Morgan fingerprint density at radius 3 is 2.56 bits per heavy atom. The van der Waals surface area contributed by atoms with Crippen molar-refractivity contribution in [1.29, 1.82) is 0 Å². The lowest BCUT2D eigenvalue weighted by atomic mass is 9.81. The fourth-order valence-electron chi connectivity index (χ4n) is 6.09. The van der Waals surface area contributed by atoms with E-state index >= 15 is 0 Å². The highest BCUT2D eigenvalue weighted by molar-refractivity contribution is 7.97. The van der Waals surface area contributed by atoms with Gasteiger partial charge in [0.2, 0.25) is 5.95 Å². The third kappa shape index (κ3) is 8.20. The monoisotopic (exact) mass is 621 g/mol. The van der Waals surface area contributed by atoms with Crippen molar-refractivity contribution in [3.05, 3.63) is 40.7 Å². The molecule has 1 aromatic heterocycles. The summed E-state index contributed by atoms with van der Waals surface area (Å²) in [5.74, 6) is 4.07. The van der Waals surface area contributed by atoms with Gasteiger partial charge < -0.3 is 20.3 Å². The number of piperidine rings is 1. The van der Waals surface area contributed by atoms with Crippen molar-refractivity contribution >= 4 is 33.1 Å². The maximum Gasteiger partial charge on any atom is 0.330 e. The highest BCUT2D eigenvalue weighted by Gasteiger charge is 2.35. The minimum Gasteiger partial charge on any atom is -0.495 e. The Labute approximate surface area is 253 Å². The number of halogens is 2. The fraction of sp³-hybridized carbons (Fsp3) is 0.600. The van der Waals surface area contributed by atoms with E-state index in [1.165, 1.54) is 7.11 Å². The van der Waals surface area contributed by atoms with Crippen LogP contribution in [0.15, 0.2) is 18.3 Å². The van der Waals surface area contributed by atoms with Gasteiger partial charge >= 0.3 is 6.05 Å². The van der Waals surface area contributed by atoms with E-state index in [1.54, 1.807) is 29.7 Å². The molecular weight excluding hydrogens is 576 g/mol. The normalized spacial score (nSPS) is 21.8. The van der Waals surface area contributed by atoms with E-state index in [-0.39, 0.29) is 42.0 Å². The van der Waals surface area contributed by atoms with E-state index in [2.05, 4.69) is 38.4 Å². The quantitative estimate of drug-likeness (QED) is 0.271. The summed E-state index contributed by atoms with van der Waals surface area (Å²) in [7, 11) is 2.86. The number of nitrogens with two attached hydrogens (primary N) is 1. The van der Waals surface area contributed by atoms with Crippen molar-refractivity contribution in [1.82, 2.24) is 24.5 Å². The van der Waals surface area contributed by atoms with E-state index in [0.717, 1.165) is 57.8 Å². The van der Waals surface area contributed by atoms with Gasteiger partial charge in [-0.05, 0) is 95.7 Å². The third-order valence-electron chi connectivity index (χ3n) is 8.72. The molecule has 43 heavy (non-hydrogen) atoms. The number of rotatable bonds is 10. The highest BCUT2D eigenvalue weighted by atomic mass is 32.2. The molecule has 0 spiro atoms. The Morgan fingerprint density at radius 1 is 1.26 bits per heavy atom. The second-order valence-corrected chi connectivity index (χ2v) is 14.5. The first kappa shape index (κ1) is 33.0. The van der Waals surface area contributed by atoms with Crippen LogP contribution in [0.5, 0.6) is 5.75 Å². The van der Waals surface area contributed by atoms with Gasteiger partial charge in [0.15, 0.2) is 0 Å². The van der Waals surface area contributed by atoms with Crippen LogP contribution in [0, 0.1) is 12.8 Å². The van der Waals surface area contributed by atoms with Crippen LogP contribution in [0.25, 0.3) is 0 Å². The van der Waals surface area contributed by atoms with Crippen LogP contribution >= 0.6 is 0 Å². The van der Waals surface area contributed by atoms with Gasteiger partial charge in [0, 0.05) is 39.8 Å². The lowest BCUT2D eigenvalue weighted by Crippen LogP contribution is -2.44. The summed E-state index contributed by atoms with van der Waals surface area (Å²) in [6.07, 6.45) is 8.11. The molecule has 13 heteroatoms. The van der Waals surface area contributed by atoms with Crippen LogP contribution in [0.2, 0.25) is 0 Å². The summed E-state index contributed by atoms with van der Waals surface area (Å²) in [4.78, 5) is 24.0. The maximum atomic E-state index is 14.5. The molecule has 10 nitrogen and oxygen atoms in total. The topological polar surface area (TPSA) is 126 Å². The number of methoxy groups -OCH3 is 1. The summed E-state index contributed by atoms with van der Waals surface area (Å²) >= 11 is 0. The van der Waals surface area contributed by atoms with E-state index in [4.69, 9.17) is 10.5 Å². The fourth-order valence-corrected chi connectivity index (χ4v) is 6.94. The number of hydrogen-bond donors (Lipinski definition) is 3. The molecule has 2 aromatic rings. The zero-order valence-electron chi connectivity index (χ0n) is 25.8. The van der Waals surface area contributed by atoms with Crippen molar-refractivity contribution in [2.75, 3.05) is 45.9 Å². The van der Waals surface area contributed by atoms with Crippen LogP contribution < -0.4 is 21.1 Å². The van der Waals surface area contributed by atoms with Crippen LogP contribution in [0.1, 0.15) is 65.7 Å². The van der Waals surface area contributed by atoms with Crippen molar-refractivity contribution in [3.8, 4) is 5.75 Å². The van der Waals surface area contributed by atoms with Gasteiger partial charge in [0.25, 0.3) is 5.91 Å². The highest BCUT2D eigenvalue weighted by Crippen LogP contribution is 2.35. The van der Waals surface area contributed by atoms with Gasteiger partial charge in [0.1, 0.15) is 5.75 Å². The average Bonchev–Trinajstić information content (AvgIpc) is 2.93. The van der Waals surface area contributed by atoms with Gasteiger partial charge in [-0.3, -0.25) is 14.7 Å². The van der Waals surface area contributed by atoms with Crippen molar-refractivity contribution in [2.45, 2.75) is 70.0 Å². The number of aromatic nitrogens is 2. The van der Waals surface area contributed by atoms with Gasteiger partial charge in [-0.1, -0.05) is 12.8 Å². The summed E-state index contributed by atoms with van der Waals surface area (Å²) in [6, 6.07) is -0.195. The SMILES string of the molecule is C=S(C)(=O)N(C)[C@@H]1CCCC[C@H]1Cc1nc(Nc2cc(C)c(C(=O)NC3CCN(C)CC3)cc2OC)ncc1C(N)(F)F. The molecule has 4 rings (SSSR count). The molecule has 1 saturated heterocycles. The molecule has 2 aliphatic rings.